The van der Waals surface area contributed by atoms with Crippen LogP contribution in [0.15, 0.2) is 24.3 Å². The molecule has 0 aliphatic carbocycles. The zero-order chi connectivity index (χ0) is 14.6. The van der Waals surface area contributed by atoms with Crippen molar-refractivity contribution in [1.29, 1.82) is 0 Å². The van der Waals surface area contributed by atoms with Crippen LogP contribution in [0.1, 0.15) is 57.6 Å². The lowest BCUT2D eigenvalue weighted by Gasteiger charge is -2.31. The maximum absolute atomic E-state index is 11.0. The number of hydrogen-bond acceptors (Lipinski definition) is 2. The molecule has 2 atom stereocenters. The highest BCUT2D eigenvalue weighted by molar-refractivity contribution is 5.68. The van der Waals surface area contributed by atoms with Gasteiger partial charge in [0.1, 0.15) is 5.60 Å². The molecule has 0 amide bonds. The molecule has 0 aliphatic rings. The molecule has 0 radical (unpaired) electrons. The number of carbonyl (C=O) groups is 1. The predicted molar refractivity (Wildman–Crippen MR) is 76.1 cm³/mol. The fourth-order valence-electron chi connectivity index (χ4n) is 2.21. The first-order valence-corrected chi connectivity index (χ1v) is 6.85. The zero-order valence-electron chi connectivity index (χ0n) is 12.2. The molecule has 0 heterocycles. The van der Waals surface area contributed by atoms with Gasteiger partial charge in [0.25, 0.3) is 0 Å². The molecular weight excluding hydrogens is 240 g/mol. The van der Waals surface area contributed by atoms with Gasteiger partial charge in [0.05, 0.1) is 6.42 Å². The second-order valence-electron chi connectivity index (χ2n) is 5.58. The monoisotopic (exact) mass is 264 g/mol. The number of hydrogen-bond donors (Lipinski definition) is 2. The van der Waals surface area contributed by atoms with Gasteiger partial charge in [-0.05, 0) is 29.4 Å². The Morgan fingerprint density at radius 3 is 2.11 bits per heavy atom. The predicted octanol–water partition coefficient (Wildman–Crippen LogP) is 3.52. The van der Waals surface area contributed by atoms with Crippen molar-refractivity contribution in [2.75, 3.05) is 0 Å². The maximum atomic E-state index is 11.0. The summed E-state index contributed by atoms with van der Waals surface area (Å²) in [6.45, 7) is 7.96. The van der Waals surface area contributed by atoms with E-state index in [2.05, 4.69) is 13.8 Å². The van der Waals surface area contributed by atoms with Crippen LogP contribution >= 0.6 is 0 Å². The lowest BCUT2D eigenvalue weighted by Crippen LogP contribution is -2.34. The molecule has 0 spiro atoms. The Bertz CT molecular complexity index is 422. The van der Waals surface area contributed by atoms with E-state index in [0.29, 0.717) is 11.5 Å². The summed E-state index contributed by atoms with van der Waals surface area (Å²) < 4.78 is 0. The number of benzene rings is 1. The summed E-state index contributed by atoms with van der Waals surface area (Å²) in [6, 6.07) is 7.67. The molecule has 0 bridgehead atoms. The topological polar surface area (TPSA) is 57.5 Å². The van der Waals surface area contributed by atoms with E-state index in [1.165, 1.54) is 5.56 Å². The van der Waals surface area contributed by atoms with E-state index >= 15 is 0 Å². The van der Waals surface area contributed by atoms with Crippen LogP contribution < -0.4 is 0 Å². The highest BCUT2D eigenvalue weighted by Gasteiger charge is 2.35. The third-order valence-electron chi connectivity index (χ3n) is 3.97. The molecule has 1 rings (SSSR count). The van der Waals surface area contributed by atoms with Crippen molar-refractivity contribution in [2.45, 2.75) is 52.1 Å². The van der Waals surface area contributed by atoms with Crippen molar-refractivity contribution in [2.24, 2.45) is 5.92 Å². The molecule has 2 unspecified atom stereocenters. The fourth-order valence-corrected chi connectivity index (χ4v) is 2.21. The molecule has 1 aromatic carbocycles. The first-order chi connectivity index (χ1) is 8.81. The molecule has 1 aromatic rings. The minimum absolute atomic E-state index is 0.155. The Labute approximate surface area is 115 Å². The average molecular weight is 264 g/mol. The van der Waals surface area contributed by atoms with Gasteiger partial charge < -0.3 is 10.2 Å². The molecule has 0 fully saturated rings. The zero-order valence-corrected chi connectivity index (χ0v) is 12.2. The average Bonchev–Trinajstić information content (AvgIpc) is 2.36. The van der Waals surface area contributed by atoms with Gasteiger partial charge in [-0.1, -0.05) is 52.0 Å². The first-order valence-electron chi connectivity index (χ1n) is 6.85. The van der Waals surface area contributed by atoms with Crippen LogP contribution in [0.5, 0.6) is 0 Å². The third kappa shape index (κ3) is 3.57. The summed E-state index contributed by atoms with van der Waals surface area (Å²) in [5, 5.41) is 19.6. The van der Waals surface area contributed by atoms with Crippen molar-refractivity contribution in [3.8, 4) is 0 Å². The van der Waals surface area contributed by atoms with Crippen molar-refractivity contribution >= 4 is 5.97 Å². The van der Waals surface area contributed by atoms with Gasteiger partial charge in [-0.2, -0.15) is 0 Å². The Hall–Kier alpha value is -1.35. The minimum Gasteiger partial charge on any atom is -0.481 e. The SMILES string of the molecule is CCC(C)c1ccc(C(O)(CC(=O)O)C(C)C)cc1. The van der Waals surface area contributed by atoms with Crippen molar-refractivity contribution in [3.63, 3.8) is 0 Å². The van der Waals surface area contributed by atoms with E-state index in [0.717, 1.165) is 6.42 Å². The van der Waals surface area contributed by atoms with E-state index in [1.54, 1.807) is 0 Å². The lowest BCUT2D eigenvalue weighted by atomic mass is 9.80. The van der Waals surface area contributed by atoms with Gasteiger partial charge in [-0.3, -0.25) is 4.79 Å². The summed E-state index contributed by atoms with van der Waals surface area (Å²) in [6.07, 6.45) is 0.788. The van der Waals surface area contributed by atoms with Gasteiger partial charge in [-0.15, -0.1) is 0 Å². The molecule has 0 aromatic heterocycles. The Balaban J connectivity index is 3.08. The van der Waals surface area contributed by atoms with Crippen LogP contribution in [-0.4, -0.2) is 16.2 Å². The fraction of sp³-hybridized carbons (Fsp3) is 0.562. The normalized spacial score (nSPS) is 16.1. The van der Waals surface area contributed by atoms with E-state index in [1.807, 2.05) is 38.1 Å². The highest BCUT2D eigenvalue weighted by atomic mass is 16.4. The second-order valence-corrected chi connectivity index (χ2v) is 5.58. The van der Waals surface area contributed by atoms with Gasteiger partial charge in [0, 0.05) is 0 Å². The van der Waals surface area contributed by atoms with Gasteiger partial charge >= 0.3 is 5.97 Å². The molecule has 19 heavy (non-hydrogen) atoms. The van der Waals surface area contributed by atoms with Gasteiger partial charge in [0.2, 0.25) is 0 Å². The minimum atomic E-state index is -1.31. The molecule has 0 aliphatic heterocycles. The van der Waals surface area contributed by atoms with Crippen molar-refractivity contribution in [1.82, 2.24) is 0 Å². The van der Waals surface area contributed by atoms with E-state index in [4.69, 9.17) is 5.11 Å². The van der Waals surface area contributed by atoms with Crippen LogP contribution in [0.4, 0.5) is 0 Å². The number of aliphatic carboxylic acids is 1. The molecule has 3 nitrogen and oxygen atoms in total. The summed E-state index contributed by atoms with van der Waals surface area (Å²) in [7, 11) is 0. The van der Waals surface area contributed by atoms with E-state index in [-0.39, 0.29) is 12.3 Å². The summed E-state index contributed by atoms with van der Waals surface area (Å²) in [4.78, 5) is 11.0. The number of aliphatic hydroxyl groups is 1. The number of carboxylic acid groups (broad SMARTS) is 1. The molecule has 0 saturated carbocycles. The Morgan fingerprint density at radius 1 is 1.21 bits per heavy atom. The van der Waals surface area contributed by atoms with Crippen LogP contribution in [0.25, 0.3) is 0 Å². The lowest BCUT2D eigenvalue weighted by molar-refractivity contribution is -0.145. The molecular formula is C16H24O3. The van der Waals surface area contributed by atoms with Crippen molar-refractivity contribution < 1.29 is 15.0 Å². The van der Waals surface area contributed by atoms with E-state index < -0.39 is 11.6 Å². The van der Waals surface area contributed by atoms with Crippen molar-refractivity contribution in [3.05, 3.63) is 35.4 Å². The van der Waals surface area contributed by atoms with Gasteiger partial charge in [-0.25, -0.2) is 0 Å². The van der Waals surface area contributed by atoms with Gasteiger partial charge in [0.15, 0.2) is 0 Å². The molecule has 2 N–H and O–H groups in total. The first kappa shape index (κ1) is 15.7. The van der Waals surface area contributed by atoms with Crippen LogP contribution in [0.2, 0.25) is 0 Å². The Morgan fingerprint density at radius 2 is 1.74 bits per heavy atom. The summed E-state index contributed by atoms with van der Waals surface area (Å²) >= 11 is 0. The molecule has 106 valence electrons. The number of rotatable bonds is 6. The Kier molecular flexibility index (Phi) is 5.12. The quantitative estimate of drug-likeness (QED) is 0.826. The van der Waals surface area contributed by atoms with Crippen LogP contribution in [-0.2, 0) is 10.4 Å². The summed E-state index contributed by atoms with van der Waals surface area (Å²) in [5.74, 6) is -0.666. The van der Waals surface area contributed by atoms with Crippen LogP contribution in [0.3, 0.4) is 0 Å². The molecule has 0 saturated heterocycles. The highest BCUT2D eigenvalue weighted by Crippen LogP contribution is 2.34. The second kappa shape index (κ2) is 6.20. The molecule has 3 heteroatoms. The standard InChI is InChI=1S/C16H24O3/c1-5-12(4)13-6-8-14(9-7-13)16(19,11(2)3)10-15(17)18/h6-9,11-12,19H,5,10H2,1-4H3,(H,17,18). The summed E-state index contributed by atoms with van der Waals surface area (Å²) in [5.41, 5.74) is 0.587. The third-order valence-corrected chi connectivity index (χ3v) is 3.97. The van der Waals surface area contributed by atoms with Crippen LogP contribution in [0, 0.1) is 5.92 Å². The maximum Gasteiger partial charge on any atom is 0.306 e. The largest absolute Gasteiger partial charge is 0.481 e. The van der Waals surface area contributed by atoms with E-state index in [9.17, 15) is 9.90 Å². The number of carboxylic acids is 1. The smallest absolute Gasteiger partial charge is 0.306 e.